The van der Waals surface area contributed by atoms with Crippen LogP contribution < -0.4 is 5.32 Å². The van der Waals surface area contributed by atoms with E-state index in [9.17, 15) is 4.39 Å². The number of hydrogen-bond donors (Lipinski definition) is 1. The molecule has 0 aliphatic carbocycles. The maximum absolute atomic E-state index is 13.9. The second kappa shape index (κ2) is 7.90. The van der Waals surface area contributed by atoms with Crippen molar-refractivity contribution in [2.75, 3.05) is 6.54 Å². The van der Waals surface area contributed by atoms with E-state index in [0.29, 0.717) is 5.92 Å². The van der Waals surface area contributed by atoms with Crippen LogP contribution in [0.1, 0.15) is 51.6 Å². The highest BCUT2D eigenvalue weighted by atomic mass is 79.9. The van der Waals surface area contributed by atoms with E-state index < -0.39 is 0 Å². The molecular weight excluding hydrogens is 293 g/mol. The van der Waals surface area contributed by atoms with Gasteiger partial charge in [-0.05, 0) is 37.1 Å². The summed E-state index contributed by atoms with van der Waals surface area (Å²) in [6, 6.07) is 5.29. The van der Waals surface area contributed by atoms with E-state index >= 15 is 0 Å². The number of halogens is 2. The maximum atomic E-state index is 13.9. The van der Waals surface area contributed by atoms with Gasteiger partial charge in [0.1, 0.15) is 5.82 Å². The van der Waals surface area contributed by atoms with Crippen LogP contribution in [-0.4, -0.2) is 6.54 Å². The molecule has 1 unspecified atom stereocenters. The lowest BCUT2D eigenvalue weighted by molar-refractivity contribution is 0.368. The fourth-order valence-corrected chi connectivity index (χ4v) is 2.68. The lowest BCUT2D eigenvalue weighted by atomic mass is 9.91. The van der Waals surface area contributed by atoms with Crippen molar-refractivity contribution in [2.45, 2.75) is 46.1 Å². The second-order valence-corrected chi connectivity index (χ2v) is 5.61. The van der Waals surface area contributed by atoms with E-state index in [2.05, 4.69) is 42.0 Å². The summed E-state index contributed by atoms with van der Waals surface area (Å²) in [5.41, 5.74) is 0.776. The summed E-state index contributed by atoms with van der Waals surface area (Å²) in [6.45, 7) is 7.33. The first kappa shape index (κ1) is 15.6. The SMILES string of the molecule is CCNC(CC(CC)CC)c1cc(Br)ccc1F. The highest BCUT2D eigenvalue weighted by molar-refractivity contribution is 9.10. The van der Waals surface area contributed by atoms with Gasteiger partial charge in [0, 0.05) is 16.1 Å². The Labute approximate surface area is 118 Å². The topological polar surface area (TPSA) is 12.0 Å². The molecule has 1 aromatic rings. The molecule has 102 valence electrons. The number of rotatable bonds is 7. The summed E-state index contributed by atoms with van der Waals surface area (Å²) >= 11 is 3.42. The smallest absolute Gasteiger partial charge is 0.128 e. The lowest BCUT2D eigenvalue weighted by Crippen LogP contribution is -2.24. The largest absolute Gasteiger partial charge is 0.310 e. The molecular formula is C15H23BrFN. The minimum Gasteiger partial charge on any atom is -0.310 e. The third-order valence-electron chi connectivity index (χ3n) is 3.51. The second-order valence-electron chi connectivity index (χ2n) is 4.69. The van der Waals surface area contributed by atoms with Crippen LogP contribution in [0.4, 0.5) is 4.39 Å². The molecule has 0 amide bonds. The molecule has 0 aliphatic rings. The molecule has 1 atom stereocenters. The fraction of sp³-hybridized carbons (Fsp3) is 0.600. The van der Waals surface area contributed by atoms with Gasteiger partial charge in [0.15, 0.2) is 0 Å². The van der Waals surface area contributed by atoms with Crippen molar-refractivity contribution < 1.29 is 4.39 Å². The third-order valence-corrected chi connectivity index (χ3v) is 4.00. The summed E-state index contributed by atoms with van der Waals surface area (Å²) in [4.78, 5) is 0. The van der Waals surface area contributed by atoms with Gasteiger partial charge in [0.05, 0.1) is 0 Å². The first-order valence-electron chi connectivity index (χ1n) is 6.80. The molecule has 0 spiro atoms. The van der Waals surface area contributed by atoms with E-state index in [1.165, 1.54) is 6.07 Å². The van der Waals surface area contributed by atoms with Gasteiger partial charge in [-0.1, -0.05) is 49.5 Å². The molecule has 0 saturated carbocycles. The van der Waals surface area contributed by atoms with Crippen LogP contribution in [-0.2, 0) is 0 Å². The third kappa shape index (κ3) is 4.36. The molecule has 18 heavy (non-hydrogen) atoms. The monoisotopic (exact) mass is 315 g/mol. The Morgan fingerprint density at radius 3 is 2.44 bits per heavy atom. The van der Waals surface area contributed by atoms with Crippen molar-refractivity contribution in [1.82, 2.24) is 5.32 Å². The highest BCUT2D eigenvalue weighted by Crippen LogP contribution is 2.28. The Hall–Kier alpha value is -0.410. The molecule has 3 heteroatoms. The predicted octanol–water partition coefficient (Wildman–Crippen LogP) is 5.07. The Balaban J connectivity index is 2.92. The van der Waals surface area contributed by atoms with Crippen molar-refractivity contribution in [3.8, 4) is 0 Å². The summed E-state index contributed by atoms with van der Waals surface area (Å²) in [5.74, 6) is 0.530. The summed E-state index contributed by atoms with van der Waals surface area (Å²) in [7, 11) is 0. The van der Waals surface area contributed by atoms with Crippen LogP contribution >= 0.6 is 15.9 Å². The highest BCUT2D eigenvalue weighted by Gasteiger charge is 2.18. The summed E-state index contributed by atoms with van der Waals surface area (Å²) in [5, 5.41) is 3.41. The molecule has 0 bridgehead atoms. The van der Waals surface area contributed by atoms with Gasteiger partial charge < -0.3 is 5.32 Å². The van der Waals surface area contributed by atoms with Gasteiger partial charge in [-0.2, -0.15) is 0 Å². The van der Waals surface area contributed by atoms with Gasteiger partial charge in [0.2, 0.25) is 0 Å². The van der Waals surface area contributed by atoms with Crippen LogP contribution in [0.5, 0.6) is 0 Å². The lowest BCUT2D eigenvalue weighted by Gasteiger charge is -2.23. The standard InChI is InChI=1S/C15H23BrFN/c1-4-11(5-2)9-15(18-6-3)13-10-12(16)7-8-14(13)17/h7-8,10-11,15,18H,4-6,9H2,1-3H3. The Bertz CT molecular complexity index is 364. The first-order valence-corrected chi connectivity index (χ1v) is 7.59. The fourth-order valence-electron chi connectivity index (χ4n) is 2.30. The molecule has 0 heterocycles. The van der Waals surface area contributed by atoms with Gasteiger partial charge >= 0.3 is 0 Å². The van der Waals surface area contributed by atoms with Crippen molar-refractivity contribution in [3.05, 3.63) is 34.1 Å². The van der Waals surface area contributed by atoms with E-state index in [1.807, 2.05) is 6.07 Å². The van der Waals surface area contributed by atoms with Gasteiger partial charge in [-0.15, -0.1) is 0 Å². The van der Waals surface area contributed by atoms with Crippen molar-refractivity contribution >= 4 is 15.9 Å². The van der Waals surface area contributed by atoms with Crippen LogP contribution in [0.2, 0.25) is 0 Å². The molecule has 0 aromatic heterocycles. The van der Waals surface area contributed by atoms with Crippen LogP contribution in [0.3, 0.4) is 0 Å². The van der Waals surface area contributed by atoms with Gasteiger partial charge in [0.25, 0.3) is 0 Å². The predicted molar refractivity (Wildman–Crippen MR) is 79.2 cm³/mol. The molecule has 0 radical (unpaired) electrons. The van der Waals surface area contributed by atoms with Gasteiger partial charge in [-0.3, -0.25) is 0 Å². The van der Waals surface area contributed by atoms with Gasteiger partial charge in [-0.25, -0.2) is 4.39 Å². The molecule has 1 nitrogen and oxygen atoms in total. The number of nitrogens with one attached hydrogen (secondary N) is 1. The number of hydrogen-bond acceptors (Lipinski definition) is 1. The van der Waals surface area contributed by atoms with Crippen molar-refractivity contribution in [1.29, 1.82) is 0 Å². The van der Waals surface area contributed by atoms with Crippen LogP contribution in [0, 0.1) is 11.7 Å². The van der Waals surface area contributed by atoms with E-state index in [0.717, 1.165) is 35.8 Å². The van der Waals surface area contributed by atoms with Crippen LogP contribution in [0.15, 0.2) is 22.7 Å². The maximum Gasteiger partial charge on any atom is 0.128 e. The Kier molecular flexibility index (Phi) is 6.87. The molecule has 1 N–H and O–H groups in total. The van der Waals surface area contributed by atoms with Crippen LogP contribution in [0.25, 0.3) is 0 Å². The Morgan fingerprint density at radius 2 is 1.89 bits per heavy atom. The van der Waals surface area contributed by atoms with Crippen molar-refractivity contribution in [3.63, 3.8) is 0 Å². The minimum atomic E-state index is -0.116. The quantitative estimate of drug-likeness (QED) is 0.741. The van der Waals surface area contributed by atoms with Crippen molar-refractivity contribution in [2.24, 2.45) is 5.92 Å². The van der Waals surface area contributed by atoms with E-state index in [1.54, 1.807) is 6.07 Å². The summed E-state index contributed by atoms with van der Waals surface area (Å²) < 4.78 is 14.9. The summed E-state index contributed by atoms with van der Waals surface area (Å²) in [6.07, 6.45) is 3.29. The van der Waals surface area contributed by atoms with E-state index in [-0.39, 0.29) is 11.9 Å². The average molecular weight is 316 g/mol. The zero-order chi connectivity index (χ0) is 13.5. The molecule has 1 aromatic carbocycles. The van der Waals surface area contributed by atoms with E-state index in [4.69, 9.17) is 0 Å². The molecule has 0 fully saturated rings. The molecule has 0 aliphatic heterocycles. The average Bonchev–Trinajstić information content (AvgIpc) is 2.37. The first-order chi connectivity index (χ1) is 8.62. The number of benzene rings is 1. The minimum absolute atomic E-state index is 0.109. The Morgan fingerprint density at radius 1 is 1.22 bits per heavy atom. The zero-order valence-electron chi connectivity index (χ0n) is 11.5. The molecule has 1 rings (SSSR count). The normalized spacial score (nSPS) is 13.0. The molecule has 0 saturated heterocycles. The zero-order valence-corrected chi connectivity index (χ0v) is 13.1.